The zero-order valence-corrected chi connectivity index (χ0v) is 33.7. The molecule has 0 aliphatic carbocycles. The average Bonchev–Trinajstić information content (AvgIpc) is 3.00. The zero-order chi connectivity index (χ0) is 31.0. The van der Waals surface area contributed by atoms with Gasteiger partial charge in [-0.25, -0.2) is 0 Å². The van der Waals surface area contributed by atoms with Gasteiger partial charge in [-0.1, -0.05) is 139 Å². The highest BCUT2D eigenvalue weighted by Crippen LogP contribution is 2.30. The van der Waals surface area contributed by atoms with E-state index in [-0.39, 0.29) is 10.8 Å². The van der Waals surface area contributed by atoms with E-state index >= 15 is 0 Å². The monoisotopic (exact) mass is 666 g/mol. The van der Waals surface area contributed by atoms with Crippen molar-refractivity contribution in [2.24, 2.45) is 0 Å². The third kappa shape index (κ3) is 24.2. The molecule has 0 spiro atoms. The molecule has 0 rings (SSSR count). The Morgan fingerprint density at radius 2 is 0.714 bits per heavy atom. The number of hydrogen-bond acceptors (Lipinski definition) is 6. The molecular weight excluding hydrogens is 593 g/mol. The minimum Gasteiger partial charge on any atom is -0.354 e. The summed E-state index contributed by atoms with van der Waals surface area (Å²) in [5.74, 6) is 2.36. The topological polar surface area (TPSA) is 36.9 Å². The molecule has 42 heavy (non-hydrogen) atoms. The van der Waals surface area contributed by atoms with E-state index in [0.717, 1.165) is 65.0 Å². The van der Waals surface area contributed by atoms with Crippen molar-refractivity contribution in [3.05, 3.63) is 0 Å². The summed E-state index contributed by atoms with van der Waals surface area (Å²) in [5, 5.41) is 0. The molecule has 4 nitrogen and oxygen atoms in total. The molecule has 254 valence electrons. The fourth-order valence-electron chi connectivity index (χ4n) is 5.16. The van der Waals surface area contributed by atoms with Crippen LogP contribution in [0.25, 0.3) is 0 Å². The van der Waals surface area contributed by atoms with Gasteiger partial charge in [0.2, 0.25) is 0 Å². The van der Waals surface area contributed by atoms with Crippen LogP contribution in [-0.4, -0.2) is 67.8 Å². The number of ether oxygens (including phenoxy) is 4. The zero-order valence-electron chi connectivity index (χ0n) is 29.2. The lowest BCUT2D eigenvalue weighted by atomic mass is 10.2. The highest BCUT2D eigenvalue weighted by Gasteiger charge is 2.32. The van der Waals surface area contributed by atoms with Crippen LogP contribution in [0.3, 0.4) is 0 Å². The fourth-order valence-corrected chi connectivity index (χ4v) is 11.3. The summed E-state index contributed by atoms with van der Waals surface area (Å²) in [5.41, 5.74) is -0.479. The van der Waals surface area contributed by atoms with E-state index in [1.165, 1.54) is 101 Å². The molecule has 0 atom stereocenters. The van der Waals surface area contributed by atoms with Gasteiger partial charge in [-0.15, -0.1) is 0 Å². The second-order valence-electron chi connectivity index (χ2n) is 12.1. The molecule has 0 bridgehead atoms. The van der Waals surface area contributed by atoms with Crippen LogP contribution in [-0.2, 0) is 18.9 Å². The van der Waals surface area contributed by atoms with Gasteiger partial charge >= 0.3 is 0 Å². The van der Waals surface area contributed by atoms with E-state index in [1.807, 2.05) is 21.6 Å². The largest absolute Gasteiger partial charge is 0.354 e. The Morgan fingerprint density at radius 1 is 0.405 bits per heavy atom. The number of rotatable bonds is 35. The number of hydrogen-bond donors (Lipinski definition) is 0. The molecule has 0 heterocycles. The summed E-state index contributed by atoms with van der Waals surface area (Å²) in [4.78, 5) is 0. The SMILES string of the molecule is CCCCCOC(CCCSSCCCC(OCCCCC)(OCCCCC)[SiH2]CCC)(OCCCCC)[SiH2]CCC. The molecule has 0 aromatic rings. The first-order valence-corrected chi connectivity index (χ1v) is 24.3. The van der Waals surface area contributed by atoms with Crippen molar-refractivity contribution in [1.29, 1.82) is 0 Å². The fraction of sp³-hybridized carbons (Fsp3) is 1.00. The van der Waals surface area contributed by atoms with Crippen LogP contribution in [0.1, 0.15) is 157 Å². The van der Waals surface area contributed by atoms with Gasteiger partial charge in [-0.3, -0.25) is 0 Å². The Bertz CT molecular complexity index is 476. The van der Waals surface area contributed by atoms with E-state index in [4.69, 9.17) is 18.9 Å². The highest BCUT2D eigenvalue weighted by molar-refractivity contribution is 8.76. The Hall–Kier alpha value is 0.974. The van der Waals surface area contributed by atoms with Gasteiger partial charge in [0.15, 0.2) is 0 Å². The first kappa shape index (κ1) is 43.0. The normalized spacial score (nSPS) is 13.0. The predicted octanol–water partition coefficient (Wildman–Crippen LogP) is 10.1. The first-order chi connectivity index (χ1) is 20.6. The minimum atomic E-state index is -0.427. The molecule has 0 fully saturated rings. The van der Waals surface area contributed by atoms with Crippen molar-refractivity contribution in [2.45, 2.75) is 180 Å². The lowest BCUT2D eigenvalue weighted by molar-refractivity contribution is -0.186. The van der Waals surface area contributed by atoms with Gasteiger partial charge in [-0.05, 0) is 51.4 Å². The minimum absolute atomic E-state index is 0.240. The third-order valence-corrected chi connectivity index (χ3v) is 15.7. The van der Waals surface area contributed by atoms with E-state index in [9.17, 15) is 0 Å². The van der Waals surface area contributed by atoms with Gasteiger partial charge in [-0.2, -0.15) is 0 Å². The Balaban J connectivity index is 4.80. The number of unbranched alkanes of at least 4 members (excludes halogenated alkanes) is 8. The summed E-state index contributed by atoms with van der Waals surface area (Å²) in [6.07, 6.45) is 21.7. The van der Waals surface area contributed by atoms with Crippen LogP contribution in [0.5, 0.6) is 0 Å². The van der Waals surface area contributed by atoms with Gasteiger partial charge in [0.25, 0.3) is 0 Å². The van der Waals surface area contributed by atoms with Crippen LogP contribution < -0.4 is 0 Å². The molecule has 0 amide bonds. The summed E-state index contributed by atoms with van der Waals surface area (Å²) in [6, 6.07) is 2.63. The van der Waals surface area contributed by atoms with Crippen LogP contribution >= 0.6 is 21.6 Å². The van der Waals surface area contributed by atoms with Gasteiger partial charge < -0.3 is 18.9 Å². The average molecular weight is 667 g/mol. The van der Waals surface area contributed by atoms with Crippen molar-refractivity contribution in [3.8, 4) is 0 Å². The predicted molar refractivity (Wildman–Crippen MR) is 198 cm³/mol. The second kappa shape index (κ2) is 31.9. The molecular formula is C34H74O4S2Si2. The Morgan fingerprint density at radius 3 is 0.976 bits per heavy atom. The van der Waals surface area contributed by atoms with Gasteiger partial charge in [0.05, 0.1) is 19.0 Å². The molecule has 0 saturated carbocycles. The Kier molecular flexibility index (Phi) is 32.7. The van der Waals surface area contributed by atoms with E-state index in [0.29, 0.717) is 0 Å². The van der Waals surface area contributed by atoms with Gasteiger partial charge in [0, 0.05) is 37.9 Å². The van der Waals surface area contributed by atoms with Crippen LogP contribution in [0, 0.1) is 0 Å². The first-order valence-electron chi connectivity index (χ1n) is 18.4. The van der Waals surface area contributed by atoms with Crippen LogP contribution in [0.2, 0.25) is 12.1 Å². The molecule has 0 radical (unpaired) electrons. The summed E-state index contributed by atoms with van der Waals surface area (Å²) < 4.78 is 26.5. The second-order valence-corrected chi connectivity index (χ2v) is 19.4. The molecule has 0 saturated heterocycles. The molecule has 0 aromatic carbocycles. The summed E-state index contributed by atoms with van der Waals surface area (Å²) in [6.45, 7) is 17.2. The molecule has 0 aliphatic rings. The van der Waals surface area contributed by atoms with Gasteiger partial charge in [0.1, 0.15) is 10.8 Å². The van der Waals surface area contributed by atoms with E-state index in [2.05, 4.69) is 41.5 Å². The Labute approximate surface area is 276 Å². The maximum absolute atomic E-state index is 6.62. The lowest BCUT2D eigenvalue weighted by Crippen LogP contribution is -2.43. The molecule has 8 heteroatoms. The van der Waals surface area contributed by atoms with Crippen LogP contribution in [0.4, 0.5) is 0 Å². The smallest absolute Gasteiger partial charge is 0.145 e. The molecule has 0 N–H and O–H groups in total. The van der Waals surface area contributed by atoms with Crippen molar-refractivity contribution in [2.75, 3.05) is 37.9 Å². The van der Waals surface area contributed by atoms with Crippen molar-refractivity contribution in [1.82, 2.24) is 0 Å². The van der Waals surface area contributed by atoms with Crippen LogP contribution in [0.15, 0.2) is 0 Å². The van der Waals surface area contributed by atoms with Crippen molar-refractivity contribution >= 4 is 40.6 Å². The molecule has 0 unspecified atom stereocenters. The highest BCUT2D eigenvalue weighted by atomic mass is 33.1. The van der Waals surface area contributed by atoms with E-state index in [1.54, 1.807) is 0 Å². The van der Waals surface area contributed by atoms with Crippen molar-refractivity contribution < 1.29 is 18.9 Å². The summed E-state index contributed by atoms with van der Waals surface area (Å²) >= 11 is 0. The maximum atomic E-state index is 6.62. The van der Waals surface area contributed by atoms with Crippen molar-refractivity contribution in [3.63, 3.8) is 0 Å². The summed E-state index contributed by atoms with van der Waals surface area (Å²) in [7, 11) is 3.25. The quantitative estimate of drug-likeness (QED) is 0.0290. The van der Waals surface area contributed by atoms with E-state index < -0.39 is 19.0 Å². The third-order valence-electron chi connectivity index (χ3n) is 7.93. The molecule has 0 aromatic heterocycles. The lowest BCUT2D eigenvalue weighted by Gasteiger charge is -2.35. The maximum Gasteiger partial charge on any atom is 0.145 e. The standard InChI is InChI=1S/C34H74O4S2Si2/c1-7-13-17-25-35-33(41-31-11-5,36-26-18-14-8-2)23-21-29-39-40-30-22-24-34(42-32-12-6,37-27-19-15-9-3)38-28-20-16-10-4/h7-32,41-42H2,1-6H3. The molecule has 0 aliphatic heterocycles.